The summed E-state index contributed by atoms with van der Waals surface area (Å²) in [6, 6.07) is 16.4. The number of carbonyl (C=O) groups excluding carboxylic acids is 7. The van der Waals surface area contributed by atoms with Crippen LogP contribution in [0.3, 0.4) is 0 Å². The number of unbranched alkanes of at least 4 members (excludes halogenated alkanes) is 2. The molecule has 3 aliphatic carbocycles. The number of hydrogen-bond donors (Lipinski definition) is 4. The molecular weight excluding hydrogens is 970 g/mol. The largest absolute Gasteiger partial charge is 0.424 e. The Bertz CT molecular complexity index is 2950. The third-order valence-corrected chi connectivity index (χ3v) is 16.1. The molecule has 6 aliphatic rings. The van der Waals surface area contributed by atoms with Crippen LogP contribution in [0.2, 0.25) is 0 Å². The van der Waals surface area contributed by atoms with E-state index in [2.05, 4.69) is 16.0 Å². The van der Waals surface area contributed by atoms with Crippen LogP contribution < -0.4 is 30.3 Å². The van der Waals surface area contributed by atoms with Crippen molar-refractivity contribution >= 4 is 111 Å². The van der Waals surface area contributed by atoms with Gasteiger partial charge in [-0.15, -0.1) is 23.2 Å². The molecule has 7 amide bonds. The molecule has 0 spiro atoms. The number of alkyl halides is 2. The maximum absolute atomic E-state index is 14.9. The van der Waals surface area contributed by atoms with Crippen LogP contribution in [0.15, 0.2) is 72.8 Å². The molecule has 16 nitrogen and oxygen atoms in total. The summed E-state index contributed by atoms with van der Waals surface area (Å²) in [6.07, 6.45) is 5.28. The van der Waals surface area contributed by atoms with Crippen molar-refractivity contribution in [2.24, 2.45) is 16.7 Å². The highest BCUT2D eigenvalue weighted by atomic mass is 35.5. The minimum absolute atomic E-state index is 0.118. The SMILES string of the molecule is CC(NC(=O)C(NC(=O)CCCCCN1C(=O)C=CC1=O)C(C)C)C(=O)Nc1cc2c(c3ccccc13)C(CCl)CN2C(=O)C12CC(C(=O)N3CC(CCl)c4c3cc(OP(C)(=O)O)c3ccccc43)(C1)C2. The molecule has 0 saturated heterocycles. The molecule has 0 radical (unpaired) electrons. The van der Waals surface area contributed by atoms with Crippen LogP contribution in [0.25, 0.3) is 21.5 Å². The van der Waals surface area contributed by atoms with Crippen molar-refractivity contribution < 1.29 is 47.5 Å². The summed E-state index contributed by atoms with van der Waals surface area (Å²) in [6.45, 7) is 7.15. The number of benzene rings is 4. The van der Waals surface area contributed by atoms with E-state index in [0.717, 1.165) is 38.9 Å². The summed E-state index contributed by atoms with van der Waals surface area (Å²) in [5.74, 6) is -2.34. The zero-order valence-corrected chi connectivity index (χ0v) is 42.4. The number of carbonyl (C=O) groups is 7. The molecule has 10 rings (SSSR count). The number of anilines is 3. The lowest BCUT2D eigenvalue weighted by Gasteiger charge is -2.69. The molecule has 4 aromatic carbocycles. The predicted molar refractivity (Wildman–Crippen MR) is 272 cm³/mol. The first kappa shape index (κ1) is 50.2. The third-order valence-electron chi connectivity index (χ3n) is 14.8. The number of hydrogen-bond acceptors (Lipinski definition) is 9. The molecule has 5 unspecified atom stereocenters. The van der Waals surface area contributed by atoms with Crippen LogP contribution in [0.5, 0.6) is 5.75 Å². The van der Waals surface area contributed by atoms with E-state index in [9.17, 15) is 43.0 Å². The van der Waals surface area contributed by atoms with Crippen molar-refractivity contribution in [3.05, 3.63) is 83.9 Å². The number of nitrogens with one attached hydrogen (secondary N) is 3. The molecule has 0 aromatic heterocycles. The van der Waals surface area contributed by atoms with E-state index in [1.807, 2.05) is 48.5 Å². The van der Waals surface area contributed by atoms with Gasteiger partial charge in [-0.05, 0) is 72.9 Å². The molecule has 374 valence electrons. The number of fused-ring (bicyclic) bond motifs is 6. The fraction of sp³-hybridized carbons (Fsp3) is 0.442. The second-order valence-corrected chi connectivity index (χ2v) is 22.7. The first-order valence-electron chi connectivity index (χ1n) is 24.1. The molecule has 19 heteroatoms. The van der Waals surface area contributed by atoms with E-state index in [1.54, 1.807) is 42.7 Å². The number of amides is 7. The maximum atomic E-state index is 14.9. The Morgan fingerprint density at radius 2 is 1.27 bits per heavy atom. The van der Waals surface area contributed by atoms with Gasteiger partial charge in [-0.25, -0.2) is 4.57 Å². The zero-order valence-electron chi connectivity index (χ0n) is 40.0. The van der Waals surface area contributed by atoms with E-state index in [4.69, 9.17) is 27.7 Å². The Morgan fingerprint density at radius 1 is 0.746 bits per heavy atom. The smallest absolute Gasteiger partial charge is 0.373 e. The van der Waals surface area contributed by atoms with Gasteiger partial charge < -0.3 is 35.2 Å². The van der Waals surface area contributed by atoms with E-state index in [1.165, 1.54) is 12.2 Å². The Hall–Kier alpha value is -5.80. The summed E-state index contributed by atoms with van der Waals surface area (Å²) in [4.78, 5) is 108. The Kier molecular flexibility index (Phi) is 13.6. The standard InChI is InChI=1S/C52H57Cl2N6O10P/c1-29(2)46(57-41(61)16-6-5-11-19-58-42(62)17-18-43(58)63)48(65)55-30(3)47(64)56-37-20-38-44(35-14-9-7-12-33(35)37)31(22-53)24-59(38)49(66)51-26-52(27-51,28-51)50(67)60-25-32(23-54)45-36-15-10-8-13-34(36)40(21-39(45)60)70-71(4,68)69/h7-10,12-15,17-18,20-21,29-32,46H,5-6,11,16,19,22-28H2,1-4H3,(H,55,65)(H,56,64)(H,57,61)(H,68,69). The van der Waals surface area contributed by atoms with Gasteiger partial charge in [0.25, 0.3) is 11.8 Å². The number of halogens is 2. The number of imide groups is 1. The molecule has 3 aliphatic heterocycles. The highest BCUT2D eigenvalue weighted by molar-refractivity contribution is 7.52. The van der Waals surface area contributed by atoms with Crippen LogP contribution in [0, 0.1) is 16.7 Å². The Morgan fingerprint density at radius 3 is 1.80 bits per heavy atom. The highest BCUT2D eigenvalue weighted by Crippen LogP contribution is 2.75. The van der Waals surface area contributed by atoms with Crippen LogP contribution in [0.1, 0.15) is 88.7 Å². The van der Waals surface area contributed by atoms with Gasteiger partial charge in [0.1, 0.15) is 17.8 Å². The first-order chi connectivity index (χ1) is 33.8. The Balaban J connectivity index is 0.871. The minimum Gasteiger partial charge on any atom is -0.424 e. The fourth-order valence-corrected chi connectivity index (χ4v) is 12.5. The number of nitrogens with zero attached hydrogens (tertiary/aromatic N) is 3. The zero-order chi connectivity index (χ0) is 50.7. The average molecular weight is 1030 g/mol. The van der Waals surface area contributed by atoms with Crippen LogP contribution in [-0.4, -0.2) is 101 Å². The van der Waals surface area contributed by atoms with Crippen LogP contribution in [0.4, 0.5) is 17.1 Å². The van der Waals surface area contributed by atoms with Crippen molar-refractivity contribution in [3.63, 3.8) is 0 Å². The third kappa shape index (κ3) is 9.21. The molecule has 71 heavy (non-hydrogen) atoms. The summed E-state index contributed by atoms with van der Waals surface area (Å²) in [5, 5.41) is 11.5. The molecule has 3 heterocycles. The van der Waals surface area contributed by atoms with Gasteiger partial charge in [0.2, 0.25) is 29.5 Å². The number of rotatable bonds is 18. The highest BCUT2D eigenvalue weighted by Gasteiger charge is 2.76. The van der Waals surface area contributed by atoms with Crippen molar-refractivity contribution in [1.29, 1.82) is 0 Å². The van der Waals surface area contributed by atoms with E-state index in [0.29, 0.717) is 74.1 Å². The van der Waals surface area contributed by atoms with Crippen molar-refractivity contribution in [2.75, 3.05) is 53.2 Å². The molecular formula is C52H57Cl2N6O10P. The van der Waals surface area contributed by atoms with Crippen molar-refractivity contribution in [2.45, 2.75) is 89.6 Å². The molecule has 3 fully saturated rings. The average Bonchev–Trinajstić information content (AvgIpc) is 3.98. The van der Waals surface area contributed by atoms with E-state index < -0.39 is 42.3 Å². The maximum Gasteiger partial charge on any atom is 0.373 e. The second kappa shape index (κ2) is 19.3. The van der Waals surface area contributed by atoms with E-state index in [-0.39, 0.29) is 77.8 Å². The van der Waals surface area contributed by atoms with Crippen molar-refractivity contribution in [3.8, 4) is 5.75 Å². The second-order valence-electron chi connectivity index (χ2n) is 20.3. The molecule has 4 aromatic rings. The first-order valence-corrected chi connectivity index (χ1v) is 27.2. The van der Waals surface area contributed by atoms with Crippen LogP contribution in [-0.2, 0) is 38.1 Å². The van der Waals surface area contributed by atoms with Gasteiger partial charge in [-0.2, -0.15) is 0 Å². The molecule has 5 atom stereocenters. The van der Waals surface area contributed by atoms with Gasteiger partial charge in [0.15, 0.2) is 0 Å². The lowest BCUT2D eigenvalue weighted by molar-refractivity contribution is -0.205. The lowest BCUT2D eigenvalue weighted by Crippen LogP contribution is -2.73. The summed E-state index contributed by atoms with van der Waals surface area (Å²) in [5.41, 5.74) is 1.84. The van der Waals surface area contributed by atoms with Gasteiger partial charge in [-0.3, -0.25) is 38.5 Å². The summed E-state index contributed by atoms with van der Waals surface area (Å²) < 4.78 is 18.0. The van der Waals surface area contributed by atoms with Gasteiger partial charge in [-0.1, -0.05) is 68.8 Å². The van der Waals surface area contributed by atoms with Gasteiger partial charge >= 0.3 is 7.60 Å². The molecule has 2 bridgehead atoms. The van der Waals surface area contributed by atoms with Crippen molar-refractivity contribution in [1.82, 2.24) is 15.5 Å². The monoisotopic (exact) mass is 1030 g/mol. The normalized spacial score (nSPS) is 23.5. The summed E-state index contributed by atoms with van der Waals surface area (Å²) >= 11 is 13.2. The lowest BCUT2D eigenvalue weighted by atomic mass is 9.34. The molecule has 3 saturated carbocycles. The fourth-order valence-electron chi connectivity index (χ4n) is 11.4. The van der Waals surface area contributed by atoms with Gasteiger partial charge in [0.05, 0.1) is 22.2 Å². The topological polar surface area (TPSA) is 212 Å². The molecule has 4 N–H and O–H groups in total. The van der Waals surface area contributed by atoms with E-state index >= 15 is 0 Å². The Labute approximate surface area is 421 Å². The van der Waals surface area contributed by atoms with Gasteiger partial charge in [0, 0.05) is 91.0 Å². The summed E-state index contributed by atoms with van der Waals surface area (Å²) in [7, 11) is -3.96. The van der Waals surface area contributed by atoms with Crippen LogP contribution >= 0.6 is 30.8 Å². The predicted octanol–water partition coefficient (Wildman–Crippen LogP) is 7.46. The quantitative estimate of drug-likeness (QED) is 0.0334. The minimum atomic E-state index is -3.96.